The average molecular weight is 514 g/mol. The smallest absolute Gasteiger partial charge is 0.320 e. The van der Waals surface area contributed by atoms with Crippen LogP contribution in [0.15, 0.2) is 60.7 Å². The summed E-state index contributed by atoms with van der Waals surface area (Å²) >= 11 is 0. The Morgan fingerprint density at radius 1 is 0.921 bits per heavy atom. The van der Waals surface area contributed by atoms with E-state index in [0.717, 1.165) is 16.8 Å². The molecule has 0 saturated carbocycles. The van der Waals surface area contributed by atoms with Gasteiger partial charge in [0.2, 0.25) is 5.95 Å². The van der Waals surface area contributed by atoms with E-state index in [0.29, 0.717) is 61.1 Å². The van der Waals surface area contributed by atoms with E-state index in [4.69, 9.17) is 20.2 Å². The second-order valence-electron chi connectivity index (χ2n) is 9.14. The number of rotatable bonds is 6. The van der Waals surface area contributed by atoms with Crippen LogP contribution in [0, 0.1) is 0 Å². The number of methoxy groups -OCH3 is 2. The van der Waals surface area contributed by atoms with Gasteiger partial charge in [0.1, 0.15) is 5.52 Å². The number of carbonyl (C=O) groups is 1. The lowest BCUT2D eigenvalue weighted by molar-refractivity contribution is 0.157. The van der Waals surface area contributed by atoms with Crippen molar-refractivity contribution in [3.63, 3.8) is 0 Å². The van der Waals surface area contributed by atoms with Gasteiger partial charge >= 0.3 is 6.03 Å². The summed E-state index contributed by atoms with van der Waals surface area (Å²) in [5, 5.41) is 0. The monoisotopic (exact) mass is 513 g/mol. The first-order chi connectivity index (χ1) is 18.5. The normalized spacial score (nSPS) is 13.4. The van der Waals surface area contributed by atoms with Gasteiger partial charge in [-0.3, -0.25) is 0 Å². The molecule has 0 atom stereocenters. The molecule has 0 aliphatic carbocycles. The van der Waals surface area contributed by atoms with Crippen molar-refractivity contribution in [2.45, 2.75) is 6.54 Å². The molecule has 38 heavy (non-hydrogen) atoms. The number of urea groups is 1. The van der Waals surface area contributed by atoms with Crippen molar-refractivity contribution in [2.75, 3.05) is 58.1 Å². The Morgan fingerprint density at radius 2 is 1.66 bits per heavy atom. The van der Waals surface area contributed by atoms with E-state index >= 15 is 0 Å². The van der Waals surface area contributed by atoms with Crippen LogP contribution in [0.5, 0.6) is 11.5 Å². The molecule has 3 heterocycles. The standard InChI is InChI=1S/C28H31N7O3/c1-33(18-19-7-5-4-6-8-19)28(36)35-15-13-34(14-16-35)26-25-22(31-27(29)32-26)11-10-21(30-25)20-9-12-23(37-2)24(17-20)38-3/h4-12,17H,13-16,18H2,1-3H3,(H2,29,31,32). The van der Waals surface area contributed by atoms with Crippen molar-refractivity contribution in [1.82, 2.24) is 24.8 Å². The van der Waals surface area contributed by atoms with Crippen molar-refractivity contribution in [2.24, 2.45) is 0 Å². The first kappa shape index (κ1) is 25.1. The van der Waals surface area contributed by atoms with Gasteiger partial charge in [-0.15, -0.1) is 0 Å². The molecule has 0 radical (unpaired) electrons. The number of ether oxygens (including phenoxy) is 2. The third-order valence-corrected chi connectivity index (χ3v) is 6.66. The second-order valence-corrected chi connectivity index (χ2v) is 9.14. The van der Waals surface area contributed by atoms with E-state index in [1.54, 1.807) is 19.1 Å². The van der Waals surface area contributed by atoms with Gasteiger partial charge in [0.15, 0.2) is 17.3 Å². The summed E-state index contributed by atoms with van der Waals surface area (Å²) < 4.78 is 10.8. The molecular weight excluding hydrogens is 482 g/mol. The van der Waals surface area contributed by atoms with Gasteiger partial charge in [-0.2, -0.15) is 4.98 Å². The molecule has 0 bridgehead atoms. The van der Waals surface area contributed by atoms with Crippen LogP contribution in [-0.2, 0) is 6.54 Å². The molecule has 10 heteroatoms. The molecule has 1 fully saturated rings. The SMILES string of the molecule is COc1ccc(-c2ccc3nc(N)nc(N4CCN(C(=O)N(C)Cc5ccccc5)CC4)c3n2)cc1OC. The van der Waals surface area contributed by atoms with E-state index in [1.807, 2.05) is 72.6 Å². The lowest BCUT2D eigenvalue weighted by Gasteiger charge is -2.37. The van der Waals surface area contributed by atoms with Crippen molar-refractivity contribution in [1.29, 1.82) is 0 Å². The Bertz CT molecular complexity index is 1440. The minimum absolute atomic E-state index is 0.00873. The van der Waals surface area contributed by atoms with Crippen LogP contribution in [0.3, 0.4) is 0 Å². The molecule has 1 saturated heterocycles. The van der Waals surface area contributed by atoms with Crippen LogP contribution < -0.4 is 20.1 Å². The van der Waals surface area contributed by atoms with E-state index in [-0.39, 0.29) is 12.0 Å². The van der Waals surface area contributed by atoms with E-state index in [9.17, 15) is 4.79 Å². The second kappa shape index (κ2) is 10.8. The molecule has 2 amide bonds. The van der Waals surface area contributed by atoms with Crippen LogP contribution in [0.1, 0.15) is 5.56 Å². The largest absolute Gasteiger partial charge is 0.493 e. The van der Waals surface area contributed by atoms with Gasteiger partial charge in [-0.05, 0) is 35.9 Å². The number of pyridine rings is 1. The zero-order valence-electron chi connectivity index (χ0n) is 21.8. The molecule has 5 rings (SSSR count). The lowest BCUT2D eigenvalue weighted by atomic mass is 10.1. The molecule has 0 unspecified atom stereocenters. The number of amides is 2. The number of anilines is 2. The fraction of sp³-hybridized carbons (Fsp3) is 0.286. The fourth-order valence-corrected chi connectivity index (χ4v) is 4.67. The minimum Gasteiger partial charge on any atom is -0.493 e. The van der Waals surface area contributed by atoms with Gasteiger partial charge < -0.3 is 29.9 Å². The number of nitrogen functional groups attached to an aromatic ring is 1. The van der Waals surface area contributed by atoms with E-state index in [2.05, 4.69) is 14.9 Å². The van der Waals surface area contributed by atoms with Gasteiger partial charge in [0.25, 0.3) is 0 Å². The zero-order chi connectivity index (χ0) is 26.6. The van der Waals surface area contributed by atoms with Crippen molar-refractivity contribution >= 4 is 28.8 Å². The summed E-state index contributed by atoms with van der Waals surface area (Å²) in [5.74, 6) is 2.13. The van der Waals surface area contributed by atoms with E-state index in [1.165, 1.54) is 0 Å². The third kappa shape index (κ3) is 5.10. The quantitative estimate of drug-likeness (QED) is 0.416. The number of nitrogens with zero attached hydrogens (tertiary/aromatic N) is 6. The topological polar surface area (TPSA) is 110 Å². The van der Waals surface area contributed by atoms with Crippen LogP contribution in [0.2, 0.25) is 0 Å². The third-order valence-electron chi connectivity index (χ3n) is 6.66. The van der Waals surface area contributed by atoms with Crippen LogP contribution in [-0.4, -0.2) is 78.2 Å². The number of aromatic nitrogens is 3. The molecule has 1 aliphatic heterocycles. The summed E-state index contributed by atoms with van der Waals surface area (Å²) in [6.07, 6.45) is 0. The summed E-state index contributed by atoms with van der Waals surface area (Å²) in [6, 6.07) is 19.5. The molecule has 2 aromatic heterocycles. The average Bonchev–Trinajstić information content (AvgIpc) is 2.96. The summed E-state index contributed by atoms with van der Waals surface area (Å²) in [7, 11) is 5.04. The predicted octanol–water partition coefficient (Wildman–Crippen LogP) is 3.67. The summed E-state index contributed by atoms with van der Waals surface area (Å²) in [6.45, 7) is 2.92. The summed E-state index contributed by atoms with van der Waals surface area (Å²) in [4.78, 5) is 32.7. The molecule has 196 valence electrons. The van der Waals surface area contributed by atoms with Crippen LogP contribution >= 0.6 is 0 Å². The Morgan fingerprint density at radius 3 is 2.37 bits per heavy atom. The first-order valence-corrected chi connectivity index (χ1v) is 12.4. The number of nitrogens with two attached hydrogens (primary N) is 1. The fourth-order valence-electron chi connectivity index (χ4n) is 4.67. The molecule has 0 spiro atoms. The molecule has 2 aromatic carbocycles. The van der Waals surface area contributed by atoms with Gasteiger partial charge in [-0.1, -0.05) is 30.3 Å². The highest BCUT2D eigenvalue weighted by Gasteiger charge is 2.26. The van der Waals surface area contributed by atoms with Gasteiger partial charge in [-0.25, -0.2) is 14.8 Å². The van der Waals surface area contributed by atoms with Gasteiger partial charge in [0.05, 0.1) is 25.4 Å². The highest BCUT2D eigenvalue weighted by Crippen LogP contribution is 2.33. The van der Waals surface area contributed by atoms with Crippen molar-refractivity contribution in [3.8, 4) is 22.8 Å². The Balaban J connectivity index is 1.36. The number of carbonyl (C=O) groups excluding carboxylic acids is 1. The lowest BCUT2D eigenvalue weighted by Crippen LogP contribution is -2.52. The number of hydrogen-bond donors (Lipinski definition) is 1. The molecule has 1 aliphatic rings. The molecule has 2 N–H and O–H groups in total. The maximum atomic E-state index is 13.1. The maximum absolute atomic E-state index is 13.1. The highest BCUT2D eigenvalue weighted by molar-refractivity contribution is 5.89. The summed E-state index contributed by atoms with van der Waals surface area (Å²) in [5.41, 5.74) is 10.1. The molecular formula is C28H31N7O3. The van der Waals surface area contributed by atoms with Crippen molar-refractivity contribution in [3.05, 3.63) is 66.2 Å². The number of fused-ring (bicyclic) bond motifs is 1. The number of benzene rings is 2. The molecule has 4 aromatic rings. The highest BCUT2D eigenvalue weighted by atomic mass is 16.5. The minimum atomic E-state index is 0.00873. The Labute approximate surface area is 221 Å². The number of hydrogen-bond acceptors (Lipinski definition) is 8. The number of piperazine rings is 1. The first-order valence-electron chi connectivity index (χ1n) is 12.4. The Hall–Kier alpha value is -4.60. The van der Waals surface area contributed by atoms with Crippen molar-refractivity contribution < 1.29 is 14.3 Å². The zero-order valence-corrected chi connectivity index (χ0v) is 21.8. The predicted molar refractivity (Wildman–Crippen MR) is 147 cm³/mol. The van der Waals surface area contributed by atoms with Crippen LogP contribution in [0.4, 0.5) is 16.6 Å². The van der Waals surface area contributed by atoms with Crippen LogP contribution in [0.25, 0.3) is 22.3 Å². The Kier molecular flexibility index (Phi) is 7.12. The molecule has 10 nitrogen and oxygen atoms in total. The van der Waals surface area contributed by atoms with Gasteiger partial charge in [0, 0.05) is 45.3 Å². The maximum Gasteiger partial charge on any atom is 0.320 e. The van der Waals surface area contributed by atoms with E-state index < -0.39 is 0 Å².